The molecule has 332 valence electrons. The summed E-state index contributed by atoms with van der Waals surface area (Å²) in [5.41, 5.74) is 20.4. The molecule has 0 bridgehead atoms. The molecule has 0 radical (unpaired) electrons. The van der Waals surface area contributed by atoms with Crippen molar-refractivity contribution in [2.75, 3.05) is 0 Å². The van der Waals surface area contributed by atoms with Crippen LogP contribution >= 0.6 is 0 Å². The van der Waals surface area contributed by atoms with E-state index in [2.05, 4.69) is 269 Å². The summed E-state index contributed by atoms with van der Waals surface area (Å²) in [6.45, 7) is 4.71. The van der Waals surface area contributed by atoms with Crippen LogP contribution in [-0.4, -0.2) is 0 Å². The standard InChI is InChI=1S/C71H48/c1-71(2)65-28-16-15-21-55(65)56-39-37-53(44-66(56)71)50-33-34-51-42-54(36-35-49(51)41-50)70-61-26-13-10-23-58(61)67(59-24-11-14-27-62(59)70)47-29-31-48(32-30-47)68-57-22-9-12-25-60(57)69(46-19-7-4-8-20-46)64-43-52(38-40-63(64)68)45-17-5-3-6-18-45/h3-44H,1-2H3. The summed E-state index contributed by atoms with van der Waals surface area (Å²) in [5, 5.41) is 12.5. The van der Waals surface area contributed by atoms with Gasteiger partial charge in [-0.2, -0.15) is 0 Å². The summed E-state index contributed by atoms with van der Waals surface area (Å²) >= 11 is 0. The predicted molar refractivity (Wildman–Crippen MR) is 304 cm³/mol. The largest absolute Gasteiger partial charge is 0.0622 e. The van der Waals surface area contributed by atoms with E-state index < -0.39 is 0 Å². The fraction of sp³-hybridized carbons (Fsp3) is 0.0423. The van der Waals surface area contributed by atoms with Crippen LogP contribution in [0.5, 0.6) is 0 Å². The van der Waals surface area contributed by atoms with E-state index in [-0.39, 0.29) is 5.41 Å². The molecule has 1 aliphatic rings. The molecule has 13 aromatic rings. The van der Waals surface area contributed by atoms with Crippen molar-refractivity contribution in [3.63, 3.8) is 0 Å². The smallest absolute Gasteiger partial charge is 0.0159 e. The van der Waals surface area contributed by atoms with Crippen molar-refractivity contribution in [2.24, 2.45) is 0 Å². The van der Waals surface area contributed by atoms with Crippen LogP contribution in [0.25, 0.3) is 132 Å². The van der Waals surface area contributed by atoms with E-state index in [9.17, 15) is 0 Å². The highest BCUT2D eigenvalue weighted by atomic mass is 14.4. The van der Waals surface area contributed by atoms with E-state index in [1.807, 2.05) is 0 Å². The van der Waals surface area contributed by atoms with Gasteiger partial charge in [-0.05, 0) is 167 Å². The van der Waals surface area contributed by atoms with E-state index in [0.717, 1.165) is 0 Å². The lowest BCUT2D eigenvalue weighted by Gasteiger charge is -2.22. The van der Waals surface area contributed by atoms with E-state index in [1.165, 1.54) is 143 Å². The van der Waals surface area contributed by atoms with Gasteiger partial charge in [0.25, 0.3) is 0 Å². The third kappa shape index (κ3) is 6.52. The minimum absolute atomic E-state index is 0.0347. The van der Waals surface area contributed by atoms with Gasteiger partial charge in [0.15, 0.2) is 0 Å². The minimum Gasteiger partial charge on any atom is -0.0622 e. The van der Waals surface area contributed by atoms with Crippen LogP contribution in [0.3, 0.4) is 0 Å². The molecule has 0 amide bonds. The van der Waals surface area contributed by atoms with Crippen LogP contribution in [0.1, 0.15) is 25.0 Å². The van der Waals surface area contributed by atoms with E-state index >= 15 is 0 Å². The second-order valence-electron chi connectivity index (χ2n) is 19.9. The van der Waals surface area contributed by atoms with Crippen molar-refractivity contribution in [3.05, 3.63) is 266 Å². The van der Waals surface area contributed by atoms with Crippen LogP contribution in [0, 0.1) is 0 Å². The Morgan fingerprint density at radius 1 is 0.211 bits per heavy atom. The maximum absolute atomic E-state index is 2.42. The molecular formula is C71H48. The van der Waals surface area contributed by atoms with E-state index in [1.54, 1.807) is 0 Å². The SMILES string of the molecule is CC1(C)c2ccccc2-c2ccc(-c3ccc4cc(-c5c6ccccc6c(-c6ccc(-c7c8ccccc8c(-c8ccccc8)c8cc(-c9ccccc9)ccc78)cc6)c6ccccc56)ccc4c3)cc21. The Bertz CT molecular complexity index is 4210. The highest BCUT2D eigenvalue weighted by Crippen LogP contribution is 2.51. The Morgan fingerprint density at radius 2 is 0.563 bits per heavy atom. The molecule has 71 heavy (non-hydrogen) atoms. The molecule has 0 heterocycles. The van der Waals surface area contributed by atoms with Crippen molar-refractivity contribution in [1.82, 2.24) is 0 Å². The monoisotopic (exact) mass is 900 g/mol. The Kier molecular flexibility index (Phi) is 9.35. The molecule has 0 nitrogen and oxygen atoms in total. The van der Waals surface area contributed by atoms with Gasteiger partial charge in [0, 0.05) is 5.41 Å². The molecule has 14 rings (SSSR count). The summed E-state index contributed by atoms with van der Waals surface area (Å²) < 4.78 is 0. The predicted octanol–water partition coefficient (Wildman–Crippen LogP) is 19.8. The van der Waals surface area contributed by atoms with Crippen molar-refractivity contribution in [1.29, 1.82) is 0 Å². The maximum Gasteiger partial charge on any atom is 0.0159 e. The fourth-order valence-electron chi connectivity index (χ4n) is 12.2. The second-order valence-corrected chi connectivity index (χ2v) is 19.9. The van der Waals surface area contributed by atoms with Gasteiger partial charge < -0.3 is 0 Å². The number of benzene rings is 13. The third-order valence-electron chi connectivity index (χ3n) is 15.6. The van der Waals surface area contributed by atoms with Gasteiger partial charge in [-0.15, -0.1) is 0 Å². The number of hydrogen-bond acceptors (Lipinski definition) is 0. The Balaban J connectivity index is 0.880. The first kappa shape index (κ1) is 41.2. The molecule has 0 saturated heterocycles. The van der Waals surface area contributed by atoms with Gasteiger partial charge in [-0.25, -0.2) is 0 Å². The quantitative estimate of drug-likeness (QED) is 0.146. The van der Waals surface area contributed by atoms with Crippen LogP contribution in [0.15, 0.2) is 255 Å². The molecule has 0 spiro atoms. The van der Waals surface area contributed by atoms with Crippen molar-refractivity contribution < 1.29 is 0 Å². The molecule has 1 aliphatic carbocycles. The molecular weight excluding hydrogens is 853 g/mol. The fourth-order valence-corrected chi connectivity index (χ4v) is 12.2. The highest BCUT2D eigenvalue weighted by molar-refractivity contribution is 6.24. The molecule has 0 heteroatoms. The summed E-state index contributed by atoms with van der Waals surface area (Å²) in [6.07, 6.45) is 0. The summed E-state index contributed by atoms with van der Waals surface area (Å²) in [6, 6.07) is 95.0. The van der Waals surface area contributed by atoms with E-state index in [4.69, 9.17) is 0 Å². The van der Waals surface area contributed by atoms with Gasteiger partial charge >= 0.3 is 0 Å². The summed E-state index contributed by atoms with van der Waals surface area (Å²) in [7, 11) is 0. The van der Waals surface area contributed by atoms with E-state index in [0.29, 0.717) is 0 Å². The lowest BCUT2D eigenvalue weighted by molar-refractivity contribution is 0.660. The van der Waals surface area contributed by atoms with Crippen LogP contribution in [-0.2, 0) is 5.41 Å². The zero-order valence-corrected chi connectivity index (χ0v) is 39.7. The normalized spacial score (nSPS) is 12.8. The van der Waals surface area contributed by atoms with Crippen molar-refractivity contribution >= 4 is 53.9 Å². The van der Waals surface area contributed by atoms with Crippen LogP contribution in [0.2, 0.25) is 0 Å². The van der Waals surface area contributed by atoms with Gasteiger partial charge in [0.1, 0.15) is 0 Å². The summed E-state index contributed by atoms with van der Waals surface area (Å²) in [5.74, 6) is 0. The first-order valence-corrected chi connectivity index (χ1v) is 24.9. The number of fused-ring (bicyclic) bond motifs is 8. The highest BCUT2D eigenvalue weighted by Gasteiger charge is 2.35. The van der Waals surface area contributed by atoms with Gasteiger partial charge in [-0.3, -0.25) is 0 Å². The van der Waals surface area contributed by atoms with Crippen molar-refractivity contribution in [3.8, 4) is 77.9 Å². The lowest BCUT2D eigenvalue weighted by atomic mass is 9.81. The topological polar surface area (TPSA) is 0 Å². The maximum atomic E-state index is 2.42. The molecule has 0 saturated carbocycles. The molecule has 13 aromatic carbocycles. The zero-order chi connectivity index (χ0) is 47.2. The van der Waals surface area contributed by atoms with Gasteiger partial charge in [0.2, 0.25) is 0 Å². The summed E-state index contributed by atoms with van der Waals surface area (Å²) in [4.78, 5) is 0. The number of hydrogen-bond donors (Lipinski definition) is 0. The first-order valence-electron chi connectivity index (χ1n) is 24.9. The van der Waals surface area contributed by atoms with Crippen molar-refractivity contribution in [2.45, 2.75) is 19.3 Å². The van der Waals surface area contributed by atoms with Crippen LogP contribution in [0.4, 0.5) is 0 Å². The molecule has 0 unspecified atom stereocenters. The minimum atomic E-state index is -0.0347. The lowest BCUT2D eigenvalue weighted by Crippen LogP contribution is -2.14. The number of rotatable bonds is 6. The average molecular weight is 901 g/mol. The average Bonchev–Trinajstić information content (AvgIpc) is 3.66. The van der Waals surface area contributed by atoms with Gasteiger partial charge in [-0.1, -0.05) is 244 Å². The molecule has 0 N–H and O–H groups in total. The first-order chi connectivity index (χ1) is 35.0. The molecule has 0 aromatic heterocycles. The Morgan fingerprint density at radius 3 is 1.14 bits per heavy atom. The molecule has 0 aliphatic heterocycles. The zero-order valence-electron chi connectivity index (χ0n) is 39.7. The molecule has 0 fully saturated rings. The van der Waals surface area contributed by atoms with Gasteiger partial charge in [0.05, 0.1) is 0 Å². The second kappa shape index (κ2) is 16.1. The third-order valence-corrected chi connectivity index (χ3v) is 15.6. The van der Waals surface area contributed by atoms with Crippen LogP contribution < -0.4 is 0 Å². The molecule has 0 atom stereocenters. The Hall–Kier alpha value is -8.84. The Labute approximate surface area is 414 Å².